The molecule has 1 fully saturated rings. The third kappa shape index (κ3) is 3.89. The van der Waals surface area contributed by atoms with Crippen molar-refractivity contribution in [3.8, 4) is 0 Å². The molecule has 4 atom stereocenters. The maximum atomic E-state index is 13.0. The van der Waals surface area contributed by atoms with Crippen LogP contribution in [0.2, 0.25) is 0 Å². The van der Waals surface area contributed by atoms with E-state index in [9.17, 15) is 4.79 Å². The summed E-state index contributed by atoms with van der Waals surface area (Å²) in [6, 6.07) is 14.3. The first-order valence-corrected chi connectivity index (χ1v) is 9.12. The van der Waals surface area contributed by atoms with Crippen molar-refractivity contribution >= 4 is 5.91 Å². The molecular weight excluding hydrogens is 296 g/mol. The Kier molecular flexibility index (Phi) is 5.39. The quantitative estimate of drug-likeness (QED) is 0.878. The van der Waals surface area contributed by atoms with Crippen molar-refractivity contribution in [3.05, 3.63) is 60.4 Å². The molecule has 24 heavy (non-hydrogen) atoms. The van der Waals surface area contributed by atoms with E-state index in [0.29, 0.717) is 17.9 Å². The van der Waals surface area contributed by atoms with Crippen LogP contribution < -0.4 is 5.32 Å². The minimum Gasteiger partial charge on any atom is -0.351 e. The van der Waals surface area contributed by atoms with Crippen LogP contribution in [-0.4, -0.2) is 16.5 Å². The van der Waals surface area contributed by atoms with Crippen molar-refractivity contribution in [2.24, 2.45) is 11.8 Å². The molecule has 2 aromatic rings. The number of carbonyl (C=O) groups excluding carboxylic acids is 1. The van der Waals surface area contributed by atoms with Gasteiger partial charge in [0, 0.05) is 24.9 Å². The standard InChI is InChI=1S/C21H28N2O/c1-16-9-8-12-19(17(16)2)22-21(24)20(23-13-6-7-14-23)15-18-10-4-3-5-11-18/h3-7,10-11,13-14,16-17,19-20H,8-9,12,15H2,1-2H3,(H,22,24)/t16-,17-,19-,20-/m1/s1. The number of rotatable bonds is 5. The molecule has 3 rings (SSSR count). The predicted molar refractivity (Wildman–Crippen MR) is 97.7 cm³/mol. The van der Waals surface area contributed by atoms with Crippen molar-refractivity contribution in [2.45, 2.75) is 51.6 Å². The summed E-state index contributed by atoms with van der Waals surface area (Å²) in [7, 11) is 0. The lowest BCUT2D eigenvalue weighted by Gasteiger charge is -2.35. The van der Waals surface area contributed by atoms with E-state index in [1.807, 2.05) is 47.3 Å². The number of aromatic nitrogens is 1. The third-order valence-corrected chi connectivity index (χ3v) is 5.60. The van der Waals surface area contributed by atoms with Crippen molar-refractivity contribution < 1.29 is 4.79 Å². The monoisotopic (exact) mass is 324 g/mol. The number of benzene rings is 1. The van der Waals surface area contributed by atoms with Crippen LogP contribution in [0.3, 0.4) is 0 Å². The molecule has 0 saturated heterocycles. The molecule has 1 aliphatic rings. The summed E-state index contributed by atoms with van der Waals surface area (Å²) in [6.45, 7) is 4.58. The molecule has 1 aromatic heterocycles. The van der Waals surface area contributed by atoms with Crippen LogP contribution in [0.1, 0.15) is 44.7 Å². The van der Waals surface area contributed by atoms with Crippen molar-refractivity contribution in [1.29, 1.82) is 0 Å². The Morgan fingerprint density at radius 1 is 1.12 bits per heavy atom. The van der Waals surface area contributed by atoms with Crippen LogP contribution in [-0.2, 0) is 11.2 Å². The van der Waals surface area contributed by atoms with Gasteiger partial charge in [-0.2, -0.15) is 0 Å². The summed E-state index contributed by atoms with van der Waals surface area (Å²) in [5, 5.41) is 3.35. The van der Waals surface area contributed by atoms with Gasteiger partial charge in [-0.1, -0.05) is 57.0 Å². The molecule has 1 aromatic carbocycles. The number of nitrogens with zero attached hydrogens (tertiary/aromatic N) is 1. The Morgan fingerprint density at radius 2 is 1.83 bits per heavy atom. The van der Waals surface area contributed by atoms with Gasteiger partial charge in [-0.25, -0.2) is 0 Å². The second kappa shape index (κ2) is 7.69. The van der Waals surface area contributed by atoms with Crippen molar-refractivity contribution in [3.63, 3.8) is 0 Å². The van der Waals surface area contributed by atoms with E-state index in [1.54, 1.807) is 0 Å². The summed E-state index contributed by atoms with van der Waals surface area (Å²) < 4.78 is 2.03. The molecule has 3 nitrogen and oxygen atoms in total. The molecular formula is C21H28N2O. The van der Waals surface area contributed by atoms with E-state index in [1.165, 1.54) is 18.4 Å². The van der Waals surface area contributed by atoms with Gasteiger partial charge in [0.15, 0.2) is 0 Å². The van der Waals surface area contributed by atoms with Crippen LogP contribution >= 0.6 is 0 Å². The van der Waals surface area contributed by atoms with Gasteiger partial charge in [0.25, 0.3) is 0 Å². The van der Waals surface area contributed by atoms with Gasteiger partial charge in [0.2, 0.25) is 5.91 Å². The van der Waals surface area contributed by atoms with Gasteiger partial charge in [-0.15, -0.1) is 0 Å². The van der Waals surface area contributed by atoms with Crippen LogP contribution in [0.5, 0.6) is 0 Å². The molecule has 1 heterocycles. The molecule has 0 aliphatic heterocycles. The molecule has 1 amide bonds. The Bertz CT molecular complexity index is 635. The second-order valence-corrected chi connectivity index (χ2v) is 7.22. The van der Waals surface area contributed by atoms with E-state index in [0.717, 1.165) is 12.8 Å². The number of carbonyl (C=O) groups is 1. The fourth-order valence-electron chi connectivity index (χ4n) is 3.79. The first-order valence-electron chi connectivity index (χ1n) is 9.12. The molecule has 0 bridgehead atoms. The fraction of sp³-hybridized carbons (Fsp3) is 0.476. The zero-order valence-corrected chi connectivity index (χ0v) is 14.7. The smallest absolute Gasteiger partial charge is 0.243 e. The van der Waals surface area contributed by atoms with Crippen LogP contribution in [0.15, 0.2) is 54.9 Å². The van der Waals surface area contributed by atoms with E-state index in [-0.39, 0.29) is 11.9 Å². The highest BCUT2D eigenvalue weighted by molar-refractivity contribution is 5.81. The highest BCUT2D eigenvalue weighted by Crippen LogP contribution is 2.30. The van der Waals surface area contributed by atoms with E-state index in [4.69, 9.17) is 0 Å². The lowest BCUT2D eigenvalue weighted by molar-refractivity contribution is -0.125. The lowest BCUT2D eigenvalue weighted by Crippen LogP contribution is -2.46. The predicted octanol–water partition coefficient (Wildman–Crippen LogP) is 4.21. The van der Waals surface area contributed by atoms with E-state index < -0.39 is 0 Å². The second-order valence-electron chi connectivity index (χ2n) is 7.22. The first-order chi connectivity index (χ1) is 11.6. The van der Waals surface area contributed by atoms with Crippen LogP contribution in [0, 0.1) is 11.8 Å². The minimum absolute atomic E-state index is 0.140. The molecule has 128 valence electrons. The molecule has 0 radical (unpaired) electrons. The van der Waals surface area contributed by atoms with Gasteiger partial charge < -0.3 is 9.88 Å². The molecule has 0 unspecified atom stereocenters. The van der Waals surface area contributed by atoms with Crippen molar-refractivity contribution in [2.75, 3.05) is 0 Å². The van der Waals surface area contributed by atoms with Gasteiger partial charge >= 0.3 is 0 Å². The van der Waals surface area contributed by atoms with Gasteiger partial charge in [0.05, 0.1) is 0 Å². The highest BCUT2D eigenvalue weighted by Gasteiger charge is 2.30. The highest BCUT2D eigenvalue weighted by atomic mass is 16.2. The molecule has 1 aliphatic carbocycles. The molecule has 0 spiro atoms. The lowest BCUT2D eigenvalue weighted by atomic mass is 9.78. The van der Waals surface area contributed by atoms with Crippen molar-refractivity contribution in [1.82, 2.24) is 9.88 Å². The van der Waals surface area contributed by atoms with Gasteiger partial charge in [-0.05, 0) is 36.0 Å². The zero-order valence-electron chi connectivity index (χ0n) is 14.7. The van der Waals surface area contributed by atoms with E-state index in [2.05, 4.69) is 31.3 Å². The van der Waals surface area contributed by atoms with E-state index >= 15 is 0 Å². The normalized spacial score (nSPS) is 25.2. The average Bonchev–Trinajstić information content (AvgIpc) is 3.12. The molecule has 1 N–H and O–H groups in total. The Labute approximate surface area is 145 Å². The third-order valence-electron chi connectivity index (χ3n) is 5.60. The first kappa shape index (κ1) is 16.8. The Morgan fingerprint density at radius 3 is 2.54 bits per heavy atom. The fourth-order valence-corrected chi connectivity index (χ4v) is 3.79. The summed E-state index contributed by atoms with van der Waals surface area (Å²) in [6.07, 6.45) is 8.28. The summed E-state index contributed by atoms with van der Waals surface area (Å²) in [4.78, 5) is 13.0. The summed E-state index contributed by atoms with van der Waals surface area (Å²) >= 11 is 0. The largest absolute Gasteiger partial charge is 0.351 e. The number of hydrogen-bond acceptors (Lipinski definition) is 1. The Hall–Kier alpha value is -2.03. The Balaban J connectivity index is 1.74. The molecule has 3 heteroatoms. The minimum atomic E-state index is -0.188. The van der Waals surface area contributed by atoms with Crippen LogP contribution in [0.25, 0.3) is 0 Å². The topological polar surface area (TPSA) is 34.0 Å². The van der Waals surface area contributed by atoms with Crippen LogP contribution in [0.4, 0.5) is 0 Å². The SMILES string of the molecule is C[C@@H]1[C@H](C)CCC[C@H]1NC(=O)[C@@H](Cc1ccccc1)n1cccc1. The number of nitrogens with one attached hydrogen (secondary N) is 1. The summed E-state index contributed by atoms with van der Waals surface area (Å²) in [5.41, 5.74) is 1.19. The van der Waals surface area contributed by atoms with Gasteiger partial charge in [0.1, 0.15) is 6.04 Å². The zero-order chi connectivity index (χ0) is 16.9. The summed E-state index contributed by atoms with van der Waals surface area (Å²) in [5.74, 6) is 1.37. The van der Waals surface area contributed by atoms with Gasteiger partial charge in [-0.3, -0.25) is 4.79 Å². The molecule has 1 saturated carbocycles. The maximum absolute atomic E-state index is 13.0. The number of hydrogen-bond donors (Lipinski definition) is 1. The average molecular weight is 324 g/mol. The maximum Gasteiger partial charge on any atom is 0.243 e. The number of amides is 1.